The molecule has 4 nitrogen and oxygen atoms in total. The van der Waals surface area contributed by atoms with Crippen LogP contribution in [0.1, 0.15) is 47.9 Å². The molecule has 1 fully saturated rings. The predicted octanol–water partition coefficient (Wildman–Crippen LogP) is 5.17. The van der Waals surface area contributed by atoms with Crippen molar-refractivity contribution in [2.75, 3.05) is 19.6 Å². The summed E-state index contributed by atoms with van der Waals surface area (Å²) in [6, 6.07) is 22.6. The largest absolute Gasteiger partial charge is 0.480 e. The number of nitrogens with zero attached hydrogens (tertiary/aromatic N) is 2. The van der Waals surface area contributed by atoms with Crippen molar-refractivity contribution in [1.29, 1.82) is 0 Å². The molecule has 162 valence electrons. The quantitative estimate of drug-likeness (QED) is 0.523. The first kappa shape index (κ1) is 21.4. The highest BCUT2D eigenvalue weighted by Gasteiger charge is 2.20. The fourth-order valence-corrected chi connectivity index (χ4v) is 4.66. The lowest BCUT2D eigenvalue weighted by Gasteiger charge is -2.32. The van der Waals surface area contributed by atoms with Crippen LogP contribution >= 0.6 is 0 Å². The number of hydrogen-bond donors (Lipinski definition) is 1. The van der Waals surface area contributed by atoms with Gasteiger partial charge in [0.25, 0.3) is 0 Å². The standard InChI is InChI=1S/C27H32N2O2/c30-27(31)26(29-17-4-5-18-29)21-23-12-10-22(11-13-23)7-6-16-28-19-14-25(15-20-28)24-8-2-1-3-9-24/h1-5,8-13,17-18,25-26H,6-7,14-16,19-21H2,(H,30,31). The fraction of sp³-hybridized carbons (Fsp3) is 0.370. The van der Waals surface area contributed by atoms with Gasteiger partial charge in [-0.2, -0.15) is 0 Å². The van der Waals surface area contributed by atoms with Crippen molar-refractivity contribution in [2.45, 2.75) is 44.1 Å². The van der Waals surface area contributed by atoms with Crippen molar-refractivity contribution in [2.24, 2.45) is 0 Å². The minimum atomic E-state index is -0.795. The van der Waals surface area contributed by atoms with Crippen LogP contribution in [0.2, 0.25) is 0 Å². The Balaban J connectivity index is 1.21. The molecule has 0 radical (unpaired) electrons. The summed E-state index contributed by atoms with van der Waals surface area (Å²) >= 11 is 0. The van der Waals surface area contributed by atoms with E-state index in [0.717, 1.165) is 24.9 Å². The molecule has 0 spiro atoms. The molecule has 1 aromatic heterocycles. The molecular formula is C27H32N2O2. The highest BCUT2D eigenvalue weighted by molar-refractivity contribution is 5.72. The highest BCUT2D eigenvalue weighted by atomic mass is 16.4. The number of aryl methyl sites for hydroxylation is 1. The molecule has 0 saturated carbocycles. The van der Waals surface area contributed by atoms with Gasteiger partial charge in [-0.3, -0.25) is 0 Å². The first-order valence-corrected chi connectivity index (χ1v) is 11.4. The van der Waals surface area contributed by atoms with Crippen LogP contribution in [0.3, 0.4) is 0 Å². The van der Waals surface area contributed by atoms with Gasteiger partial charge in [0.05, 0.1) is 0 Å². The lowest BCUT2D eigenvalue weighted by atomic mass is 9.89. The number of carbonyl (C=O) groups is 1. The maximum Gasteiger partial charge on any atom is 0.327 e. The second-order valence-corrected chi connectivity index (χ2v) is 8.64. The van der Waals surface area contributed by atoms with Gasteiger partial charge < -0.3 is 14.6 Å². The third-order valence-corrected chi connectivity index (χ3v) is 6.52. The third kappa shape index (κ3) is 5.86. The Bertz CT molecular complexity index is 927. The number of benzene rings is 2. The molecule has 31 heavy (non-hydrogen) atoms. The zero-order chi connectivity index (χ0) is 21.5. The Hall–Kier alpha value is -2.85. The maximum absolute atomic E-state index is 11.6. The molecule has 2 heterocycles. The number of rotatable bonds is 9. The first-order chi connectivity index (χ1) is 15.2. The van der Waals surface area contributed by atoms with Crippen molar-refractivity contribution in [3.63, 3.8) is 0 Å². The Morgan fingerprint density at radius 3 is 2.19 bits per heavy atom. The van der Waals surface area contributed by atoms with Crippen LogP contribution < -0.4 is 0 Å². The van der Waals surface area contributed by atoms with E-state index in [-0.39, 0.29) is 0 Å². The van der Waals surface area contributed by atoms with Gasteiger partial charge in [0.2, 0.25) is 0 Å². The molecule has 1 saturated heterocycles. The summed E-state index contributed by atoms with van der Waals surface area (Å²) in [5.41, 5.74) is 3.88. The van der Waals surface area contributed by atoms with Gasteiger partial charge in [0, 0.05) is 18.8 Å². The molecule has 1 N–H and O–H groups in total. The summed E-state index contributed by atoms with van der Waals surface area (Å²) in [7, 11) is 0. The molecule has 2 aromatic carbocycles. The molecule has 3 aromatic rings. The van der Waals surface area contributed by atoms with E-state index in [1.807, 2.05) is 24.5 Å². The molecular weight excluding hydrogens is 384 g/mol. The van der Waals surface area contributed by atoms with E-state index in [1.54, 1.807) is 4.57 Å². The van der Waals surface area contributed by atoms with Crippen LogP contribution in [-0.4, -0.2) is 40.2 Å². The predicted molar refractivity (Wildman–Crippen MR) is 124 cm³/mol. The number of piperidine rings is 1. The smallest absolute Gasteiger partial charge is 0.327 e. The van der Waals surface area contributed by atoms with Crippen LogP contribution in [0.5, 0.6) is 0 Å². The van der Waals surface area contributed by atoms with Crippen LogP contribution in [0.4, 0.5) is 0 Å². The topological polar surface area (TPSA) is 45.5 Å². The number of aromatic nitrogens is 1. The van der Waals surface area contributed by atoms with E-state index >= 15 is 0 Å². The molecule has 1 aliphatic rings. The van der Waals surface area contributed by atoms with Crippen LogP contribution in [0.15, 0.2) is 79.1 Å². The second-order valence-electron chi connectivity index (χ2n) is 8.64. The van der Waals surface area contributed by atoms with E-state index in [9.17, 15) is 9.90 Å². The second kappa shape index (κ2) is 10.5. The van der Waals surface area contributed by atoms with Crippen molar-refractivity contribution < 1.29 is 9.90 Å². The number of carboxylic acids is 1. The molecule has 4 heteroatoms. The van der Waals surface area contributed by atoms with Crippen molar-refractivity contribution in [3.8, 4) is 0 Å². The third-order valence-electron chi connectivity index (χ3n) is 6.52. The Kier molecular flexibility index (Phi) is 7.21. The SMILES string of the molecule is O=C(O)C(Cc1ccc(CCCN2CCC(c3ccccc3)CC2)cc1)n1cccc1. The monoisotopic (exact) mass is 416 g/mol. The number of likely N-dealkylation sites (tertiary alicyclic amines) is 1. The minimum absolute atomic E-state index is 0.501. The van der Waals surface area contributed by atoms with Crippen molar-refractivity contribution in [3.05, 3.63) is 95.8 Å². The Labute approximate surface area is 185 Å². The Morgan fingerprint density at radius 1 is 0.903 bits per heavy atom. The lowest BCUT2D eigenvalue weighted by Crippen LogP contribution is -2.33. The normalized spacial score (nSPS) is 16.3. The summed E-state index contributed by atoms with van der Waals surface area (Å²) in [4.78, 5) is 14.2. The van der Waals surface area contributed by atoms with E-state index in [0.29, 0.717) is 12.3 Å². The number of aliphatic carboxylic acids is 1. The van der Waals surface area contributed by atoms with Gasteiger partial charge in [0.1, 0.15) is 6.04 Å². The summed E-state index contributed by atoms with van der Waals surface area (Å²) < 4.78 is 1.76. The van der Waals surface area contributed by atoms with E-state index < -0.39 is 12.0 Å². The Morgan fingerprint density at radius 2 is 1.55 bits per heavy atom. The number of carboxylic acid groups (broad SMARTS) is 1. The summed E-state index contributed by atoms with van der Waals surface area (Å²) in [6.07, 6.45) is 8.87. The van der Waals surface area contributed by atoms with E-state index in [4.69, 9.17) is 0 Å². The van der Waals surface area contributed by atoms with E-state index in [1.165, 1.54) is 37.1 Å². The van der Waals surface area contributed by atoms with Gasteiger partial charge in [-0.1, -0.05) is 54.6 Å². The molecule has 1 aliphatic heterocycles. The molecule has 1 unspecified atom stereocenters. The van der Waals surface area contributed by atoms with Crippen LogP contribution in [0.25, 0.3) is 0 Å². The summed E-state index contributed by atoms with van der Waals surface area (Å²) in [6.45, 7) is 3.53. The molecule has 0 aliphatic carbocycles. The van der Waals surface area contributed by atoms with Crippen molar-refractivity contribution >= 4 is 5.97 Å². The molecule has 0 amide bonds. The van der Waals surface area contributed by atoms with Gasteiger partial charge >= 0.3 is 5.97 Å². The van der Waals surface area contributed by atoms with Crippen LogP contribution in [-0.2, 0) is 17.6 Å². The van der Waals surface area contributed by atoms with Gasteiger partial charge in [0.15, 0.2) is 0 Å². The van der Waals surface area contributed by atoms with Gasteiger partial charge in [-0.25, -0.2) is 4.79 Å². The van der Waals surface area contributed by atoms with Gasteiger partial charge in [-0.15, -0.1) is 0 Å². The van der Waals surface area contributed by atoms with Crippen molar-refractivity contribution in [1.82, 2.24) is 9.47 Å². The average Bonchev–Trinajstić information content (AvgIpc) is 3.34. The summed E-state index contributed by atoms with van der Waals surface area (Å²) in [5.74, 6) is -0.0810. The first-order valence-electron chi connectivity index (χ1n) is 11.4. The minimum Gasteiger partial charge on any atom is -0.480 e. The van der Waals surface area contributed by atoms with Gasteiger partial charge in [-0.05, 0) is 80.1 Å². The lowest BCUT2D eigenvalue weighted by molar-refractivity contribution is -0.140. The zero-order valence-electron chi connectivity index (χ0n) is 18.1. The summed E-state index contributed by atoms with van der Waals surface area (Å²) in [5, 5.41) is 9.56. The molecule has 1 atom stereocenters. The average molecular weight is 417 g/mol. The van der Waals surface area contributed by atoms with E-state index in [2.05, 4.69) is 59.5 Å². The maximum atomic E-state index is 11.6. The highest BCUT2D eigenvalue weighted by Crippen LogP contribution is 2.27. The molecule has 0 bridgehead atoms. The number of hydrogen-bond acceptors (Lipinski definition) is 2. The fourth-order valence-electron chi connectivity index (χ4n) is 4.66. The molecule has 4 rings (SSSR count). The zero-order valence-corrected chi connectivity index (χ0v) is 18.1. The van der Waals surface area contributed by atoms with Crippen LogP contribution in [0, 0.1) is 0 Å².